The Balaban J connectivity index is 2.49. The third-order valence-corrected chi connectivity index (χ3v) is 2.44. The zero-order valence-corrected chi connectivity index (χ0v) is 9.02. The van der Waals surface area contributed by atoms with E-state index in [1.807, 2.05) is 6.07 Å². The van der Waals surface area contributed by atoms with E-state index in [1.54, 1.807) is 32.0 Å². The highest BCUT2D eigenvalue weighted by Gasteiger charge is 2.28. The zero-order valence-electron chi connectivity index (χ0n) is 9.02. The minimum atomic E-state index is -1.02. The Hall–Kier alpha value is -2.15. The number of fused-ring (bicyclic) bond motifs is 1. The summed E-state index contributed by atoms with van der Waals surface area (Å²) in [6.45, 7) is 3.19. The first-order valence-electron chi connectivity index (χ1n) is 4.84. The molecule has 0 radical (unpaired) electrons. The predicted molar refractivity (Wildman–Crippen MR) is 57.7 cm³/mol. The van der Waals surface area contributed by atoms with Crippen LogP contribution in [0, 0.1) is 16.7 Å². The molecule has 0 bridgehead atoms. The minimum Gasteiger partial charge on any atom is -0.443 e. The Kier molecular flexibility index (Phi) is 2.24. The van der Waals surface area contributed by atoms with E-state index in [4.69, 9.17) is 9.68 Å². The summed E-state index contributed by atoms with van der Waals surface area (Å²) in [7, 11) is 0. The number of rotatable bonds is 2. The molecule has 4 nitrogen and oxygen atoms in total. The molecular formula is C12H10N2O2. The number of oxazole rings is 1. The normalized spacial score (nSPS) is 11.3. The molecule has 0 aliphatic carbocycles. The summed E-state index contributed by atoms with van der Waals surface area (Å²) in [6, 6.07) is 6.97. The SMILES string of the molecule is CC(C)(C#N)C(=O)c1ccc2ncoc2c1. The third-order valence-electron chi connectivity index (χ3n) is 2.44. The number of benzene rings is 1. The standard InChI is InChI=1S/C12H10N2O2/c1-12(2,6-13)11(15)8-3-4-9-10(5-8)16-7-14-9/h3-5,7H,1-2H3. The van der Waals surface area contributed by atoms with E-state index in [-0.39, 0.29) is 5.78 Å². The van der Waals surface area contributed by atoms with Crippen LogP contribution >= 0.6 is 0 Å². The lowest BCUT2D eigenvalue weighted by Crippen LogP contribution is -2.22. The molecule has 1 heterocycles. The fourth-order valence-corrected chi connectivity index (χ4v) is 1.41. The Labute approximate surface area is 92.5 Å². The molecule has 0 N–H and O–H groups in total. The molecule has 4 heteroatoms. The highest BCUT2D eigenvalue weighted by molar-refractivity contribution is 6.03. The van der Waals surface area contributed by atoms with Crippen molar-refractivity contribution >= 4 is 16.9 Å². The van der Waals surface area contributed by atoms with E-state index in [0.29, 0.717) is 16.7 Å². The smallest absolute Gasteiger partial charge is 0.182 e. The van der Waals surface area contributed by atoms with Crippen LogP contribution in [0.1, 0.15) is 24.2 Å². The van der Waals surface area contributed by atoms with E-state index >= 15 is 0 Å². The maximum atomic E-state index is 12.0. The Morgan fingerprint density at radius 3 is 2.94 bits per heavy atom. The van der Waals surface area contributed by atoms with Gasteiger partial charge in [-0.15, -0.1) is 0 Å². The van der Waals surface area contributed by atoms with E-state index in [9.17, 15) is 4.79 Å². The number of hydrogen-bond donors (Lipinski definition) is 0. The van der Waals surface area contributed by atoms with Gasteiger partial charge >= 0.3 is 0 Å². The first-order chi connectivity index (χ1) is 7.54. The Bertz CT molecular complexity index is 590. The number of hydrogen-bond acceptors (Lipinski definition) is 4. The summed E-state index contributed by atoms with van der Waals surface area (Å²) in [6.07, 6.45) is 1.33. The molecule has 0 aliphatic heterocycles. The first kappa shape index (κ1) is 10.4. The number of nitriles is 1. The lowest BCUT2D eigenvalue weighted by atomic mass is 9.86. The summed E-state index contributed by atoms with van der Waals surface area (Å²) in [5, 5.41) is 8.89. The lowest BCUT2D eigenvalue weighted by Gasteiger charge is -2.12. The van der Waals surface area contributed by atoms with Crippen LogP contribution < -0.4 is 0 Å². The van der Waals surface area contributed by atoms with Gasteiger partial charge < -0.3 is 4.42 Å². The Morgan fingerprint density at radius 1 is 1.50 bits per heavy atom. The van der Waals surface area contributed by atoms with Gasteiger partial charge in [-0.1, -0.05) is 0 Å². The molecule has 16 heavy (non-hydrogen) atoms. The van der Waals surface area contributed by atoms with E-state index in [1.165, 1.54) is 6.39 Å². The van der Waals surface area contributed by atoms with Gasteiger partial charge in [-0.25, -0.2) is 4.98 Å². The monoisotopic (exact) mass is 214 g/mol. The predicted octanol–water partition coefficient (Wildman–Crippen LogP) is 2.56. The van der Waals surface area contributed by atoms with Crippen molar-refractivity contribution in [1.29, 1.82) is 5.26 Å². The molecule has 1 aromatic carbocycles. The van der Waals surface area contributed by atoms with Crippen molar-refractivity contribution in [2.75, 3.05) is 0 Å². The van der Waals surface area contributed by atoms with Gasteiger partial charge in [0.2, 0.25) is 0 Å². The largest absolute Gasteiger partial charge is 0.443 e. The van der Waals surface area contributed by atoms with Crippen molar-refractivity contribution in [2.24, 2.45) is 5.41 Å². The number of carbonyl (C=O) groups excluding carboxylic acids is 1. The van der Waals surface area contributed by atoms with E-state index < -0.39 is 5.41 Å². The lowest BCUT2D eigenvalue weighted by molar-refractivity contribution is 0.0892. The van der Waals surface area contributed by atoms with Crippen LogP contribution in [-0.4, -0.2) is 10.8 Å². The molecule has 1 aromatic heterocycles. The second kappa shape index (κ2) is 3.46. The van der Waals surface area contributed by atoms with Crippen molar-refractivity contribution in [3.8, 4) is 6.07 Å². The number of ketones is 1. The molecule has 2 rings (SSSR count). The van der Waals surface area contributed by atoms with Gasteiger partial charge in [-0.05, 0) is 32.0 Å². The summed E-state index contributed by atoms with van der Waals surface area (Å²) < 4.78 is 5.11. The number of Topliss-reactive ketones (excluding diaryl/α,β-unsaturated/α-hetero) is 1. The quantitative estimate of drug-likeness (QED) is 0.720. The van der Waals surface area contributed by atoms with Crippen LogP contribution in [0.5, 0.6) is 0 Å². The van der Waals surface area contributed by atoms with Crippen molar-refractivity contribution in [3.05, 3.63) is 30.2 Å². The molecule has 0 spiro atoms. The number of carbonyl (C=O) groups is 1. The second-order valence-electron chi connectivity index (χ2n) is 4.10. The van der Waals surface area contributed by atoms with Crippen LogP contribution in [0.4, 0.5) is 0 Å². The number of nitrogens with zero attached hydrogens (tertiary/aromatic N) is 2. The minimum absolute atomic E-state index is 0.215. The van der Waals surface area contributed by atoms with Crippen molar-refractivity contribution in [1.82, 2.24) is 4.98 Å². The molecule has 0 amide bonds. The van der Waals surface area contributed by atoms with Gasteiger partial charge in [-0.3, -0.25) is 4.79 Å². The van der Waals surface area contributed by atoms with Crippen LogP contribution in [0.25, 0.3) is 11.1 Å². The number of aromatic nitrogens is 1. The maximum absolute atomic E-state index is 12.0. The molecule has 2 aromatic rings. The molecule has 0 fully saturated rings. The maximum Gasteiger partial charge on any atom is 0.182 e. The summed E-state index contributed by atoms with van der Waals surface area (Å²) >= 11 is 0. The molecule has 0 unspecified atom stereocenters. The molecule has 0 saturated heterocycles. The molecule has 0 atom stereocenters. The van der Waals surface area contributed by atoms with E-state index in [2.05, 4.69) is 4.98 Å². The molecule has 0 aliphatic rings. The fourth-order valence-electron chi connectivity index (χ4n) is 1.41. The van der Waals surface area contributed by atoms with Crippen LogP contribution in [-0.2, 0) is 0 Å². The summed E-state index contributed by atoms with van der Waals surface area (Å²) in [5.41, 5.74) is 0.704. The highest BCUT2D eigenvalue weighted by Crippen LogP contribution is 2.23. The summed E-state index contributed by atoms with van der Waals surface area (Å²) in [5.74, 6) is -0.215. The Morgan fingerprint density at radius 2 is 2.25 bits per heavy atom. The van der Waals surface area contributed by atoms with Gasteiger partial charge in [-0.2, -0.15) is 5.26 Å². The molecular weight excluding hydrogens is 204 g/mol. The van der Waals surface area contributed by atoms with Gasteiger partial charge in [0.15, 0.2) is 17.8 Å². The fraction of sp³-hybridized carbons (Fsp3) is 0.250. The molecule has 0 saturated carbocycles. The average Bonchev–Trinajstić information content (AvgIpc) is 2.74. The highest BCUT2D eigenvalue weighted by atomic mass is 16.3. The van der Waals surface area contributed by atoms with Gasteiger partial charge in [0.05, 0.1) is 6.07 Å². The van der Waals surface area contributed by atoms with E-state index in [0.717, 1.165) is 0 Å². The van der Waals surface area contributed by atoms with Gasteiger partial charge in [0.1, 0.15) is 10.9 Å². The van der Waals surface area contributed by atoms with Crippen molar-refractivity contribution in [2.45, 2.75) is 13.8 Å². The van der Waals surface area contributed by atoms with Crippen LogP contribution in [0.3, 0.4) is 0 Å². The van der Waals surface area contributed by atoms with Crippen molar-refractivity contribution < 1.29 is 9.21 Å². The zero-order chi connectivity index (χ0) is 11.8. The molecule has 80 valence electrons. The van der Waals surface area contributed by atoms with Crippen LogP contribution in [0.15, 0.2) is 29.0 Å². The first-order valence-corrected chi connectivity index (χ1v) is 4.84. The topological polar surface area (TPSA) is 66.9 Å². The third kappa shape index (κ3) is 1.57. The van der Waals surface area contributed by atoms with Gasteiger partial charge in [0, 0.05) is 5.56 Å². The van der Waals surface area contributed by atoms with Crippen molar-refractivity contribution in [3.63, 3.8) is 0 Å². The van der Waals surface area contributed by atoms with Gasteiger partial charge in [0.25, 0.3) is 0 Å². The summed E-state index contributed by atoms with van der Waals surface area (Å²) in [4.78, 5) is 15.9. The average molecular weight is 214 g/mol. The van der Waals surface area contributed by atoms with Crippen LogP contribution in [0.2, 0.25) is 0 Å². The second-order valence-corrected chi connectivity index (χ2v) is 4.10.